The standard InChI is InChI=1S/C22H25N3O3/c1-14-12-17(14)20-8-5-16(28-20)6-9-21(26)24-18-13-15(22(23)27)4-7-19(18)25-10-2-3-11-25/h4-9,13-14,17H,2-3,10-12H2,1H3,(H2,23,27)(H,24,26)/b9-6+/t14-,17+/m1/s1. The molecule has 2 fully saturated rings. The van der Waals surface area contributed by atoms with Gasteiger partial charge in [0, 0.05) is 30.6 Å². The number of primary amides is 1. The molecule has 0 spiro atoms. The third kappa shape index (κ3) is 3.96. The first-order chi connectivity index (χ1) is 13.5. The molecule has 1 saturated heterocycles. The highest BCUT2D eigenvalue weighted by atomic mass is 16.3. The number of hydrogen-bond acceptors (Lipinski definition) is 4. The van der Waals surface area contributed by atoms with E-state index in [1.165, 1.54) is 6.08 Å². The lowest BCUT2D eigenvalue weighted by atomic mass is 10.1. The lowest BCUT2D eigenvalue weighted by Gasteiger charge is -2.21. The van der Waals surface area contributed by atoms with Gasteiger partial charge in [0.2, 0.25) is 11.8 Å². The molecule has 0 radical (unpaired) electrons. The number of amides is 2. The van der Waals surface area contributed by atoms with E-state index in [-0.39, 0.29) is 5.91 Å². The first kappa shape index (κ1) is 18.3. The van der Waals surface area contributed by atoms with Crippen molar-refractivity contribution in [3.05, 3.63) is 53.5 Å². The molecule has 2 heterocycles. The van der Waals surface area contributed by atoms with Crippen LogP contribution in [0, 0.1) is 5.92 Å². The Morgan fingerprint density at radius 2 is 1.96 bits per heavy atom. The highest BCUT2D eigenvalue weighted by molar-refractivity contribution is 6.05. The number of furan rings is 1. The molecule has 2 amide bonds. The first-order valence-corrected chi connectivity index (χ1v) is 9.79. The maximum absolute atomic E-state index is 12.5. The molecule has 146 valence electrons. The number of anilines is 2. The number of benzene rings is 1. The predicted molar refractivity (Wildman–Crippen MR) is 109 cm³/mol. The topological polar surface area (TPSA) is 88.6 Å². The molecule has 0 unspecified atom stereocenters. The monoisotopic (exact) mass is 379 g/mol. The second-order valence-corrected chi connectivity index (χ2v) is 7.67. The second-order valence-electron chi connectivity index (χ2n) is 7.67. The van der Waals surface area contributed by atoms with Crippen molar-refractivity contribution in [3.63, 3.8) is 0 Å². The van der Waals surface area contributed by atoms with E-state index in [4.69, 9.17) is 10.2 Å². The Morgan fingerprint density at radius 3 is 2.64 bits per heavy atom. The van der Waals surface area contributed by atoms with Gasteiger partial charge in [-0.15, -0.1) is 0 Å². The summed E-state index contributed by atoms with van der Waals surface area (Å²) in [4.78, 5) is 26.2. The van der Waals surface area contributed by atoms with E-state index in [1.54, 1.807) is 18.2 Å². The molecule has 28 heavy (non-hydrogen) atoms. The molecule has 2 atom stereocenters. The number of rotatable bonds is 6. The molecule has 2 aromatic rings. The molecule has 6 heteroatoms. The Bertz CT molecular complexity index is 925. The Hall–Kier alpha value is -3.02. The first-order valence-electron chi connectivity index (χ1n) is 9.79. The minimum Gasteiger partial charge on any atom is -0.461 e. The SMILES string of the molecule is C[C@@H]1C[C@@H]1c1ccc(/C=C/C(=O)Nc2cc(C(N)=O)ccc2N2CCCC2)o1. The predicted octanol–water partition coefficient (Wildman–Crippen LogP) is 3.75. The van der Waals surface area contributed by atoms with Crippen molar-refractivity contribution in [1.82, 2.24) is 0 Å². The third-order valence-corrected chi connectivity index (χ3v) is 5.51. The summed E-state index contributed by atoms with van der Waals surface area (Å²) < 4.78 is 5.80. The molecule has 3 N–H and O–H groups in total. The summed E-state index contributed by atoms with van der Waals surface area (Å²) in [5.41, 5.74) is 7.28. The third-order valence-electron chi connectivity index (χ3n) is 5.51. The highest BCUT2D eigenvalue weighted by Crippen LogP contribution is 2.47. The fraction of sp³-hybridized carbons (Fsp3) is 0.364. The van der Waals surface area contributed by atoms with Gasteiger partial charge in [0.25, 0.3) is 0 Å². The summed E-state index contributed by atoms with van der Waals surface area (Å²) in [6.45, 7) is 4.07. The Labute approximate surface area is 164 Å². The average Bonchev–Trinajstić information content (AvgIpc) is 3.09. The summed E-state index contributed by atoms with van der Waals surface area (Å²) in [6, 6.07) is 9.05. The number of carbonyl (C=O) groups excluding carboxylic acids is 2. The van der Waals surface area contributed by atoms with Crippen LogP contribution in [0.1, 0.15) is 54.0 Å². The molecule has 6 nitrogen and oxygen atoms in total. The van der Waals surface area contributed by atoms with Crippen molar-refractivity contribution in [2.24, 2.45) is 11.7 Å². The van der Waals surface area contributed by atoms with Gasteiger partial charge >= 0.3 is 0 Å². The van der Waals surface area contributed by atoms with E-state index >= 15 is 0 Å². The zero-order chi connectivity index (χ0) is 19.7. The summed E-state index contributed by atoms with van der Waals surface area (Å²) in [5.74, 6) is 2.03. The lowest BCUT2D eigenvalue weighted by Crippen LogP contribution is -2.21. The van der Waals surface area contributed by atoms with E-state index in [0.717, 1.165) is 43.8 Å². The van der Waals surface area contributed by atoms with Gasteiger partial charge in [0.15, 0.2) is 0 Å². The van der Waals surface area contributed by atoms with Gasteiger partial charge < -0.3 is 20.4 Å². The molecule has 1 saturated carbocycles. The minimum atomic E-state index is -0.517. The van der Waals surface area contributed by atoms with Crippen LogP contribution in [-0.4, -0.2) is 24.9 Å². The van der Waals surface area contributed by atoms with Crippen molar-refractivity contribution in [2.45, 2.75) is 32.1 Å². The molecule has 1 aliphatic heterocycles. The van der Waals surface area contributed by atoms with Crippen LogP contribution in [0.3, 0.4) is 0 Å². The Balaban J connectivity index is 1.48. The van der Waals surface area contributed by atoms with E-state index in [1.807, 2.05) is 18.2 Å². The molecule has 2 aliphatic rings. The number of carbonyl (C=O) groups is 2. The maximum atomic E-state index is 12.5. The van der Waals surface area contributed by atoms with E-state index in [0.29, 0.717) is 28.8 Å². The number of nitrogens with zero attached hydrogens (tertiary/aromatic N) is 1. The van der Waals surface area contributed by atoms with Crippen molar-refractivity contribution in [1.29, 1.82) is 0 Å². The van der Waals surface area contributed by atoms with Crippen LogP contribution in [0.4, 0.5) is 11.4 Å². The molecule has 4 rings (SSSR count). The second kappa shape index (κ2) is 7.54. The summed E-state index contributed by atoms with van der Waals surface area (Å²) in [7, 11) is 0. The quantitative estimate of drug-likeness (QED) is 0.748. The molecule has 1 aliphatic carbocycles. The van der Waals surface area contributed by atoms with Crippen molar-refractivity contribution in [3.8, 4) is 0 Å². The Kier molecular flexibility index (Phi) is 4.94. The van der Waals surface area contributed by atoms with Crippen LogP contribution in [0.2, 0.25) is 0 Å². The summed E-state index contributed by atoms with van der Waals surface area (Å²) in [6.07, 6.45) is 6.51. The zero-order valence-corrected chi connectivity index (χ0v) is 16.0. The van der Waals surface area contributed by atoms with Crippen LogP contribution >= 0.6 is 0 Å². The van der Waals surface area contributed by atoms with Gasteiger partial charge in [-0.1, -0.05) is 6.92 Å². The van der Waals surface area contributed by atoms with Crippen molar-refractivity contribution >= 4 is 29.3 Å². The van der Waals surface area contributed by atoms with Gasteiger partial charge in [0.05, 0.1) is 11.4 Å². The average molecular weight is 379 g/mol. The van der Waals surface area contributed by atoms with Crippen LogP contribution < -0.4 is 16.0 Å². The fourth-order valence-corrected chi connectivity index (χ4v) is 3.73. The largest absolute Gasteiger partial charge is 0.461 e. The number of hydrogen-bond donors (Lipinski definition) is 2. The highest BCUT2D eigenvalue weighted by Gasteiger charge is 2.36. The minimum absolute atomic E-state index is 0.278. The number of nitrogens with one attached hydrogen (secondary N) is 1. The van der Waals surface area contributed by atoms with Crippen LogP contribution in [0.5, 0.6) is 0 Å². The Morgan fingerprint density at radius 1 is 1.21 bits per heavy atom. The van der Waals surface area contributed by atoms with Crippen LogP contribution in [-0.2, 0) is 4.79 Å². The maximum Gasteiger partial charge on any atom is 0.248 e. The van der Waals surface area contributed by atoms with E-state index in [9.17, 15) is 9.59 Å². The zero-order valence-electron chi connectivity index (χ0n) is 16.0. The van der Waals surface area contributed by atoms with Gasteiger partial charge in [-0.2, -0.15) is 0 Å². The molecular formula is C22H25N3O3. The van der Waals surface area contributed by atoms with Crippen molar-refractivity contribution in [2.75, 3.05) is 23.3 Å². The van der Waals surface area contributed by atoms with Crippen molar-refractivity contribution < 1.29 is 14.0 Å². The van der Waals surface area contributed by atoms with Gasteiger partial charge in [-0.05, 0) is 61.6 Å². The van der Waals surface area contributed by atoms with Gasteiger partial charge in [-0.25, -0.2) is 0 Å². The van der Waals surface area contributed by atoms with E-state index < -0.39 is 5.91 Å². The van der Waals surface area contributed by atoms with E-state index in [2.05, 4.69) is 17.1 Å². The summed E-state index contributed by atoms with van der Waals surface area (Å²) in [5, 5.41) is 2.89. The van der Waals surface area contributed by atoms with Gasteiger partial charge in [-0.3, -0.25) is 9.59 Å². The molecule has 1 aromatic carbocycles. The smallest absolute Gasteiger partial charge is 0.248 e. The number of nitrogens with two attached hydrogens (primary N) is 1. The lowest BCUT2D eigenvalue weighted by molar-refractivity contribution is -0.111. The molecular weight excluding hydrogens is 354 g/mol. The van der Waals surface area contributed by atoms with Crippen LogP contribution in [0.15, 0.2) is 40.8 Å². The summed E-state index contributed by atoms with van der Waals surface area (Å²) >= 11 is 0. The van der Waals surface area contributed by atoms with Gasteiger partial charge in [0.1, 0.15) is 11.5 Å². The molecule has 0 bridgehead atoms. The fourth-order valence-electron chi connectivity index (χ4n) is 3.73. The molecule has 1 aromatic heterocycles. The van der Waals surface area contributed by atoms with Crippen LogP contribution in [0.25, 0.3) is 6.08 Å². The normalized spacial score (nSPS) is 21.2.